The fourth-order valence-corrected chi connectivity index (χ4v) is 2.60. The summed E-state index contributed by atoms with van der Waals surface area (Å²) in [7, 11) is 0. The zero-order chi connectivity index (χ0) is 15.0. The minimum absolute atomic E-state index is 0.209. The van der Waals surface area contributed by atoms with Crippen LogP contribution in [0.4, 0.5) is 0 Å². The van der Waals surface area contributed by atoms with Gasteiger partial charge in [0.1, 0.15) is 6.10 Å². The number of esters is 1. The first-order valence-corrected chi connectivity index (χ1v) is 6.98. The second-order valence-corrected chi connectivity index (χ2v) is 5.38. The number of hydrogen-bond donors (Lipinski definition) is 0. The Balaban J connectivity index is 2.03. The van der Waals surface area contributed by atoms with E-state index in [1.54, 1.807) is 6.20 Å². The molecule has 0 saturated carbocycles. The first-order chi connectivity index (χ1) is 10.1. The number of fused-ring (bicyclic) bond motifs is 1. The standard InChI is InChI=1S/C16H14ClNO3/c1-9-15(21-10(2)19)14-8-20-16(13(14)7-18-9)11-3-5-12(17)6-4-11/h3-7,16H,8H2,1-2H3. The van der Waals surface area contributed by atoms with Crippen LogP contribution >= 0.6 is 11.6 Å². The zero-order valence-corrected chi connectivity index (χ0v) is 12.5. The van der Waals surface area contributed by atoms with Crippen LogP contribution in [0.3, 0.4) is 0 Å². The van der Waals surface area contributed by atoms with Crippen molar-refractivity contribution in [2.75, 3.05) is 0 Å². The van der Waals surface area contributed by atoms with Crippen molar-refractivity contribution in [3.05, 3.63) is 57.9 Å². The van der Waals surface area contributed by atoms with Crippen LogP contribution in [0.15, 0.2) is 30.5 Å². The van der Waals surface area contributed by atoms with E-state index in [1.807, 2.05) is 31.2 Å². The average molecular weight is 304 g/mol. The van der Waals surface area contributed by atoms with E-state index < -0.39 is 0 Å². The molecule has 0 radical (unpaired) electrons. The number of nitrogens with zero attached hydrogens (tertiary/aromatic N) is 1. The number of rotatable bonds is 2. The SMILES string of the molecule is CC(=O)Oc1c(C)ncc2c1COC2c1ccc(Cl)cc1. The Hall–Kier alpha value is -1.91. The average Bonchev–Trinajstić information content (AvgIpc) is 2.87. The van der Waals surface area contributed by atoms with Crippen LogP contribution in [0.5, 0.6) is 5.75 Å². The second-order valence-electron chi connectivity index (χ2n) is 4.94. The highest BCUT2D eigenvalue weighted by molar-refractivity contribution is 6.30. The molecule has 2 aromatic rings. The van der Waals surface area contributed by atoms with E-state index in [4.69, 9.17) is 21.1 Å². The van der Waals surface area contributed by atoms with Gasteiger partial charge in [0.15, 0.2) is 5.75 Å². The number of halogens is 1. The molecule has 2 heterocycles. The molecule has 1 aromatic carbocycles. The van der Waals surface area contributed by atoms with Gasteiger partial charge in [-0.05, 0) is 24.6 Å². The van der Waals surface area contributed by atoms with Gasteiger partial charge in [-0.3, -0.25) is 9.78 Å². The fourth-order valence-electron chi connectivity index (χ4n) is 2.48. The summed E-state index contributed by atoms with van der Waals surface area (Å²) < 4.78 is 11.1. The summed E-state index contributed by atoms with van der Waals surface area (Å²) in [5.74, 6) is 0.153. The van der Waals surface area contributed by atoms with Crippen LogP contribution in [0.2, 0.25) is 5.02 Å². The third kappa shape index (κ3) is 2.64. The normalized spacial score (nSPS) is 16.6. The molecule has 0 aliphatic carbocycles. The van der Waals surface area contributed by atoms with Gasteiger partial charge in [0.2, 0.25) is 0 Å². The van der Waals surface area contributed by atoms with E-state index in [9.17, 15) is 4.79 Å². The number of aromatic nitrogens is 1. The molecule has 1 aromatic heterocycles. The lowest BCUT2D eigenvalue weighted by molar-refractivity contribution is -0.132. The number of hydrogen-bond acceptors (Lipinski definition) is 4. The number of carbonyl (C=O) groups is 1. The molecule has 4 nitrogen and oxygen atoms in total. The van der Waals surface area contributed by atoms with E-state index in [1.165, 1.54) is 6.92 Å². The van der Waals surface area contributed by atoms with Gasteiger partial charge in [-0.2, -0.15) is 0 Å². The first-order valence-electron chi connectivity index (χ1n) is 6.60. The number of carbonyl (C=O) groups excluding carboxylic acids is 1. The predicted molar refractivity (Wildman–Crippen MR) is 78.4 cm³/mol. The molecule has 1 aliphatic heterocycles. The second kappa shape index (κ2) is 5.47. The van der Waals surface area contributed by atoms with Crippen molar-refractivity contribution in [3.63, 3.8) is 0 Å². The van der Waals surface area contributed by atoms with Crippen LogP contribution < -0.4 is 4.74 Å². The quantitative estimate of drug-likeness (QED) is 0.796. The lowest BCUT2D eigenvalue weighted by Crippen LogP contribution is -2.07. The fraction of sp³-hybridized carbons (Fsp3) is 0.250. The van der Waals surface area contributed by atoms with Crippen LogP contribution in [-0.2, 0) is 16.1 Å². The summed E-state index contributed by atoms with van der Waals surface area (Å²) in [5.41, 5.74) is 3.50. The summed E-state index contributed by atoms with van der Waals surface area (Å²) in [5, 5.41) is 0.680. The number of benzene rings is 1. The van der Waals surface area contributed by atoms with Gasteiger partial charge >= 0.3 is 5.97 Å². The van der Waals surface area contributed by atoms with Crippen LogP contribution in [0.25, 0.3) is 0 Å². The van der Waals surface area contributed by atoms with Crippen molar-refractivity contribution < 1.29 is 14.3 Å². The zero-order valence-electron chi connectivity index (χ0n) is 11.7. The van der Waals surface area contributed by atoms with Gasteiger partial charge in [0.25, 0.3) is 0 Å². The van der Waals surface area contributed by atoms with Gasteiger partial charge < -0.3 is 9.47 Å². The topological polar surface area (TPSA) is 48.4 Å². The molecule has 1 atom stereocenters. The maximum absolute atomic E-state index is 11.2. The van der Waals surface area contributed by atoms with Crippen LogP contribution in [-0.4, -0.2) is 11.0 Å². The molecule has 0 bridgehead atoms. The van der Waals surface area contributed by atoms with Crippen LogP contribution in [0.1, 0.15) is 35.4 Å². The lowest BCUT2D eigenvalue weighted by Gasteiger charge is -2.13. The molecule has 108 valence electrons. The minimum Gasteiger partial charge on any atom is -0.424 e. The molecule has 21 heavy (non-hydrogen) atoms. The van der Waals surface area contributed by atoms with E-state index in [2.05, 4.69) is 4.98 Å². The number of aryl methyl sites for hydroxylation is 1. The van der Waals surface area contributed by atoms with Crippen molar-refractivity contribution >= 4 is 17.6 Å². The molecule has 0 spiro atoms. The minimum atomic E-state index is -0.358. The highest BCUT2D eigenvalue weighted by Gasteiger charge is 2.29. The molecule has 0 N–H and O–H groups in total. The lowest BCUT2D eigenvalue weighted by atomic mass is 10.0. The summed E-state index contributed by atoms with van der Waals surface area (Å²) in [6.45, 7) is 3.59. The highest BCUT2D eigenvalue weighted by atomic mass is 35.5. The largest absolute Gasteiger partial charge is 0.424 e. The van der Waals surface area contributed by atoms with Gasteiger partial charge in [-0.25, -0.2) is 0 Å². The van der Waals surface area contributed by atoms with E-state index in [-0.39, 0.29) is 12.1 Å². The van der Waals surface area contributed by atoms with Gasteiger partial charge in [0, 0.05) is 29.3 Å². The number of ether oxygens (including phenoxy) is 2. The molecular formula is C16H14ClNO3. The van der Waals surface area contributed by atoms with Crippen molar-refractivity contribution in [1.29, 1.82) is 0 Å². The molecule has 5 heteroatoms. The predicted octanol–water partition coefficient (Wildman–Crippen LogP) is 3.59. The van der Waals surface area contributed by atoms with Crippen molar-refractivity contribution in [2.45, 2.75) is 26.6 Å². The smallest absolute Gasteiger partial charge is 0.308 e. The molecule has 1 unspecified atom stereocenters. The molecule has 0 amide bonds. The number of pyridine rings is 1. The Morgan fingerprint density at radius 1 is 1.38 bits per heavy atom. The van der Waals surface area contributed by atoms with Crippen molar-refractivity contribution in [2.24, 2.45) is 0 Å². The molecule has 0 saturated heterocycles. The van der Waals surface area contributed by atoms with E-state index in [0.717, 1.165) is 16.7 Å². The Labute approximate surface area is 127 Å². The molecule has 0 fully saturated rings. The Bertz CT molecular complexity index is 697. The van der Waals surface area contributed by atoms with Crippen LogP contribution in [0, 0.1) is 6.92 Å². The Morgan fingerprint density at radius 3 is 2.76 bits per heavy atom. The van der Waals surface area contributed by atoms with E-state index in [0.29, 0.717) is 23.1 Å². The molecular weight excluding hydrogens is 290 g/mol. The van der Waals surface area contributed by atoms with Gasteiger partial charge in [-0.1, -0.05) is 23.7 Å². The first kappa shape index (κ1) is 14.0. The Morgan fingerprint density at radius 2 is 2.10 bits per heavy atom. The maximum Gasteiger partial charge on any atom is 0.308 e. The van der Waals surface area contributed by atoms with Crippen molar-refractivity contribution in [3.8, 4) is 5.75 Å². The Kier molecular flexibility index (Phi) is 3.66. The van der Waals surface area contributed by atoms with Gasteiger partial charge in [-0.15, -0.1) is 0 Å². The highest BCUT2D eigenvalue weighted by Crippen LogP contribution is 2.40. The molecule has 1 aliphatic rings. The monoisotopic (exact) mass is 303 g/mol. The third-order valence-electron chi connectivity index (χ3n) is 3.44. The molecule has 3 rings (SSSR count). The summed E-state index contributed by atoms with van der Waals surface area (Å²) in [4.78, 5) is 15.6. The summed E-state index contributed by atoms with van der Waals surface area (Å²) in [6.07, 6.45) is 1.57. The van der Waals surface area contributed by atoms with E-state index >= 15 is 0 Å². The maximum atomic E-state index is 11.2. The summed E-state index contributed by atoms with van der Waals surface area (Å²) in [6, 6.07) is 7.50. The van der Waals surface area contributed by atoms with Crippen molar-refractivity contribution in [1.82, 2.24) is 4.98 Å². The summed E-state index contributed by atoms with van der Waals surface area (Å²) >= 11 is 5.91. The van der Waals surface area contributed by atoms with Gasteiger partial charge in [0.05, 0.1) is 12.3 Å². The third-order valence-corrected chi connectivity index (χ3v) is 3.70.